The van der Waals surface area contributed by atoms with Crippen molar-refractivity contribution in [2.45, 2.75) is 18.7 Å². The van der Waals surface area contributed by atoms with E-state index < -0.39 is 24.0 Å². The Kier molecular flexibility index (Phi) is 4.19. The molecule has 1 rings (SSSR count). The van der Waals surface area contributed by atoms with Gasteiger partial charge in [0.1, 0.15) is 6.61 Å². The number of carboxylic acid groups (broad SMARTS) is 1. The molecule has 0 amide bonds. The Morgan fingerprint density at radius 2 is 1.82 bits per heavy atom. The summed E-state index contributed by atoms with van der Waals surface area (Å²) in [5.74, 6) is -2.20. The van der Waals surface area contributed by atoms with Gasteiger partial charge in [-0.15, -0.1) is 0 Å². The molecule has 0 heterocycles. The van der Waals surface area contributed by atoms with Gasteiger partial charge in [0.05, 0.1) is 6.42 Å². The molecule has 0 unspecified atom stereocenters. The Bertz CT molecular complexity index is 403. The van der Waals surface area contributed by atoms with E-state index >= 15 is 0 Å². The van der Waals surface area contributed by atoms with Crippen molar-refractivity contribution in [2.75, 3.05) is 0 Å². The lowest BCUT2D eigenvalue weighted by atomic mass is 10.1. The zero-order valence-corrected chi connectivity index (χ0v) is 9.13. The fraction of sp³-hybridized carbons (Fsp3) is 0.273. The van der Waals surface area contributed by atoms with Crippen LogP contribution < -0.4 is 11.5 Å². The Morgan fingerprint density at radius 3 is 2.35 bits per heavy atom. The average Bonchev–Trinajstić information content (AvgIpc) is 2.27. The van der Waals surface area contributed by atoms with Crippen molar-refractivity contribution in [2.24, 2.45) is 11.5 Å². The number of benzene rings is 1. The van der Waals surface area contributed by atoms with E-state index in [4.69, 9.17) is 21.3 Å². The molecule has 0 aliphatic rings. The number of esters is 1. The molecule has 17 heavy (non-hydrogen) atoms. The lowest BCUT2D eigenvalue weighted by molar-refractivity contribution is -0.153. The van der Waals surface area contributed by atoms with Crippen molar-refractivity contribution in [3.8, 4) is 0 Å². The second kappa shape index (κ2) is 5.42. The van der Waals surface area contributed by atoms with Gasteiger partial charge in [-0.25, -0.2) is 4.79 Å². The predicted octanol–water partition coefficient (Wildman–Crippen LogP) is -0.182. The molecule has 1 aromatic carbocycles. The van der Waals surface area contributed by atoms with E-state index in [9.17, 15) is 9.59 Å². The van der Waals surface area contributed by atoms with E-state index in [0.717, 1.165) is 5.56 Å². The molecule has 0 aliphatic carbocycles. The molecule has 0 bridgehead atoms. The van der Waals surface area contributed by atoms with Gasteiger partial charge >= 0.3 is 11.9 Å². The first-order valence-corrected chi connectivity index (χ1v) is 4.92. The number of carbonyl (C=O) groups excluding carboxylic acids is 1. The summed E-state index contributed by atoms with van der Waals surface area (Å²) in [7, 11) is 0. The van der Waals surface area contributed by atoms with Gasteiger partial charge in [-0.05, 0) is 5.56 Å². The second-order valence-electron chi connectivity index (χ2n) is 3.67. The molecule has 92 valence electrons. The third-order valence-corrected chi connectivity index (χ3v) is 2.08. The molecule has 0 saturated heterocycles. The van der Waals surface area contributed by atoms with Crippen LogP contribution in [0.2, 0.25) is 0 Å². The van der Waals surface area contributed by atoms with Crippen LogP contribution in [0.1, 0.15) is 12.0 Å². The molecule has 6 nitrogen and oxygen atoms in total. The smallest absolute Gasteiger partial charge is 0.339 e. The van der Waals surface area contributed by atoms with Gasteiger partial charge in [0.2, 0.25) is 0 Å². The molecule has 0 spiro atoms. The van der Waals surface area contributed by atoms with Gasteiger partial charge in [-0.3, -0.25) is 4.79 Å². The summed E-state index contributed by atoms with van der Waals surface area (Å²) in [6.45, 7) is 0.0649. The molecule has 0 atom stereocenters. The minimum Gasteiger partial charge on any atom is -0.479 e. The summed E-state index contributed by atoms with van der Waals surface area (Å²) in [4.78, 5) is 21.9. The van der Waals surface area contributed by atoms with Crippen molar-refractivity contribution in [1.82, 2.24) is 0 Å². The molecule has 5 N–H and O–H groups in total. The van der Waals surface area contributed by atoms with Crippen LogP contribution in [-0.4, -0.2) is 22.7 Å². The lowest BCUT2D eigenvalue weighted by Crippen LogP contribution is -2.57. The summed E-state index contributed by atoms with van der Waals surface area (Å²) in [6.07, 6.45) is -0.574. The normalized spacial score (nSPS) is 10.9. The molecule has 6 heteroatoms. The van der Waals surface area contributed by atoms with E-state index in [1.807, 2.05) is 6.07 Å². The highest BCUT2D eigenvalue weighted by Gasteiger charge is 2.32. The summed E-state index contributed by atoms with van der Waals surface area (Å²) >= 11 is 0. The lowest BCUT2D eigenvalue weighted by Gasteiger charge is -2.17. The fourth-order valence-corrected chi connectivity index (χ4v) is 1.10. The SMILES string of the molecule is NC(N)(CC(=O)OCc1ccccc1)C(=O)O. The number of hydrogen-bond acceptors (Lipinski definition) is 5. The number of hydrogen-bond donors (Lipinski definition) is 3. The van der Waals surface area contributed by atoms with Crippen LogP contribution in [0, 0.1) is 0 Å². The Labute approximate surface area is 98.2 Å². The first-order chi connectivity index (χ1) is 7.92. The van der Waals surface area contributed by atoms with Crippen LogP contribution in [0.4, 0.5) is 0 Å². The molecular formula is C11H14N2O4. The Balaban J connectivity index is 2.44. The van der Waals surface area contributed by atoms with Crippen molar-refractivity contribution in [1.29, 1.82) is 0 Å². The standard InChI is InChI=1S/C11H14N2O4/c12-11(13,10(15)16)6-9(14)17-7-8-4-2-1-3-5-8/h1-5H,6-7,12-13H2,(H,15,16). The van der Waals surface area contributed by atoms with Crippen molar-refractivity contribution in [3.63, 3.8) is 0 Å². The largest absolute Gasteiger partial charge is 0.479 e. The number of carbonyl (C=O) groups is 2. The van der Waals surface area contributed by atoms with E-state index in [-0.39, 0.29) is 6.61 Å². The zero-order chi connectivity index (χ0) is 12.9. The summed E-state index contributed by atoms with van der Waals surface area (Å²) in [6, 6.07) is 9.00. The molecule has 0 aromatic heterocycles. The first kappa shape index (κ1) is 13.1. The van der Waals surface area contributed by atoms with Crippen LogP contribution in [0.25, 0.3) is 0 Å². The predicted molar refractivity (Wildman–Crippen MR) is 59.6 cm³/mol. The van der Waals surface area contributed by atoms with Crippen molar-refractivity contribution < 1.29 is 19.4 Å². The third-order valence-electron chi connectivity index (χ3n) is 2.08. The molecule has 0 saturated carbocycles. The summed E-state index contributed by atoms with van der Waals surface area (Å²) < 4.78 is 4.85. The van der Waals surface area contributed by atoms with Crippen LogP contribution >= 0.6 is 0 Å². The highest BCUT2D eigenvalue weighted by molar-refractivity contribution is 5.84. The van der Waals surface area contributed by atoms with Gasteiger partial charge in [-0.1, -0.05) is 30.3 Å². The Hall–Kier alpha value is -1.92. The average molecular weight is 238 g/mol. The zero-order valence-electron chi connectivity index (χ0n) is 9.13. The maximum atomic E-state index is 11.3. The molecule has 0 fully saturated rings. The molecular weight excluding hydrogens is 224 g/mol. The summed E-state index contributed by atoms with van der Waals surface area (Å²) in [5.41, 5.74) is 9.13. The number of carboxylic acids is 1. The van der Waals surface area contributed by atoms with Gasteiger partial charge in [0.25, 0.3) is 0 Å². The fourth-order valence-electron chi connectivity index (χ4n) is 1.10. The quantitative estimate of drug-likeness (QED) is 0.484. The van der Waals surface area contributed by atoms with Crippen LogP contribution in [0.3, 0.4) is 0 Å². The van der Waals surface area contributed by atoms with Gasteiger partial charge in [0, 0.05) is 0 Å². The monoisotopic (exact) mass is 238 g/mol. The van der Waals surface area contributed by atoms with E-state index in [1.54, 1.807) is 24.3 Å². The number of nitrogens with two attached hydrogens (primary N) is 2. The molecule has 1 aromatic rings. The molecule has 0 aliphatic heterocycles. The maximum absolute atomic E-state index is 11.3. The van der Waals surface area contributed by atoms with E-state index in [1.165, 1.54) is 0 Å². The minimum atomic E-state index is -2.09. The van der Waals surface area contributed by atoms with Crippen LogP contribution in [-0.2, 0) is 20.9 Å². The van der Waals surface area contributed by atoms with E-state index in [2.05, 4.69) is 0 Å². The van der Waals surface area contributed by atoms with Crippen molar-refractivity contribution >= 4 is 11.9 Å². The van der Waals surface area contributed by atoms with Gasteiger partial charge in [0.15, 0.2) is 5.66 Å². The number of aliphatic carboxylic acids is 1. The summed E-state index contributed by atoms with van der Waals surface area (Å²) in [5, 5.41) is 8.62. The van der Waals surface area contributed by atoms with Crippen LogP contribution in [0.15, 0.2) is 30.3 Å². The highest BCUT2D eigenvalue weighted by atomic mass is 16.5. The Morgan fingerprint density at radius 1 is 1.24 bits per heavy atom. The topological polar surface area (TPSA) is 116 Å². The number of ether oxygens (including phenoxy) is 1. The third kappa shape index (κ3) is 4.21. The van der Waals surface area contributed by atoms with Crippen molar-refractivity contribution in [3.05, 3.63) is 35.9 Å². The highest BCUT2D eigenvalue weighted by Crippen LogP contribution is 2.05. The first-order valence-electron chi connectivity index (χ1n) is 4.92. The van der Waals surface area contributed by atoms with Crippen LogP contribution in [0.5, 0.6) is 0 Å². The number of rotatable bonds is 5. The minimum absolute atomic E-state index is 0.0649. The van der Waals surface area contributed by atoms with Gasteiger partial charge < -0.3 is 21.3 Å². The maximum Gasteiger partial charge on any atom is 0.339 e. The van der Waals surface area contributed by atoms with Gasteiger partial charge in [-0.2, -0.15) is 0 Å². The second-order valence-corrected chi connectivity index (χ2v) is 3.67. The van der Waals surface area contributed by atoms with E-state index in [0.29, 0.717) is 0 Å². The molecule has 0 radical (unpaired) electrons.